The van der Waals surface area contributed by atoms with E-state index in [1.165, 1.54) is 62.6 Å². The zero-order chi connectivity index (χ0) is 44.5. The number of aromatic nitrogens is 5. The summed E-state index contributed by atoms with van der Waals surface area (Å²) in [6.07, 6.45) is 0. The molecule has 0 bridgehead atoms. The summed E-state index contributed by atoms with van der Waals surface area (Å²) in [7, 11) is 0. The number of para-hydroxylation sites is 4. The van der Waals surface area contributed by atoms with Crippen molar-refractivity contribution in [2.75, 3.05) is 0 Å². The van der Waals surface area contributed by atoms with E-state index in [1.54, 1.807) is 11.3 Å². The Kier molecular flexibility index (Phi) is 8.04. The first-order valence-corrected chi connectivity index (χ1v) is 24.5. The monoisotopic (exact) mass is 901 g/mol. The highest BCUT2D eigenvalue weighted by Crippen LogP contribution is 2.47. The molecule has 5 heterocycles. The molecule has 5 aromatic heterocycles. The van der Waals surface area contributed by atoms with Gasteiger partial charge in [-0.3, -0.25) is 0 Å². The van der Waals surface area contributed by atoms with Crippen molar-refractivity contribution >= 4 is 117 Å². The zero-order valence-electron chi connectivity index (χ0n) is 36.3. The van der Waals surface area contributed by atoms with Crippen LogP contribution in [-0.4, -0.2) is 24.1 Å². The van der Waals surface area contributed by atoms with Gasteiger partial charge in [0, 0.05) is 79.6 Å². The first-order valence-electron chi connectivity index (χ1n) is 22.9. The number of rotatable bonds is 5. The highest BCUT2D eigenvalue weighted by Gasteiger charge is 2.26. The molecule has 10 aromatic carbocycles. The molecular weight excluding hydrogens is 867 g/mol. The average Bonchev–Trinajstić information content (AvgIpc) is 4.16. The van der Waals surface area contributed by atoms with Crippen molar-refractivity contribution < 1.29 is 0 Å². The molecule has 0 saturated heterocycles. The third-order valence-electron chi connectivity index (χ3n) is 13.8. The fraction of sp³-hybridized carbons (Fsp3) is 0. The Bertz CT molecular complexity index is 4570. The standard InChI is InChI=1S/C61H35N5S2/c1-2-18-38(19-3-1)65-50-28-10-6-20-39(50)43-24-14-26-46(55(43)65)59-62-60(64-61(63-59)48-27-15-25-44-41-22-8-12-30-53(41)67-57(44)48)47-33-32-45-42-23-9-13-31-54(42)68-58(45)56(47)66-51-29-11-7-21-40(51)49-34-36-16-4-5-17-37(36)35-52(49)66/h1-35H. The molecule has 0 atom stereocenters. The van der Waals surface area contributed by atoms with E-state index in [2.05, 4.69) is 221 Å². The summed E-state index contributed by atoms with van der Waals surface area (Å²) in [5, 5.41) is 12.0. The predicted molar refractivity (Wildman–Crippen MR) is 288 cm³/mol. The zero-order valence-corrected chi connectivity index (χ0v) is 37.9. The molecule has 0 saturated carbocycles. The van der Waals surface area contributed by atoms with E-state index in [1.807, 2.05) is 11.3 Å². The van der Waals surface area contributed by atoms with Gasteiger partial charge in [-0.25, -0.2) is 15.0 Å². The maximum absolute atomic E-state index is 5.68. The normalized spacial score (nSPS) is 12.1. The molecule has 15 aromatic rings. The largest absolute Gasteiger partial charge is 0.309 e. The van der Waals surface area contributed by atoms with Gasteiger partial charge in [0.15, 0.2) is 17.5 Å². The second-order valence-electron chi connectivity index (χ2n) is 17.5. The number of thiophene rings is 2. The molecule has 0 aliphatic heterocycles. The third-order valence-corrected chi connectivity index (χ3v) is 16.2. The van der Waals surface area contributed by atoms with Gasteiger partial charge in [-0.2, -0.15) is 0 Å². The molecule has 0 aliphatic rings. The SMILES string of the molecule is c1ccc(-n2c3ccccc3c3cccc(-c4nc(-c5ccc6c(sc7ccccc76)c5-n5c6ccccc6c6cc7ccccc7cc65)nc(-c5cccc6c5sc5ccccc56)n4)c32)cc1. The van der Waals surface area contributed by atoms with Crippen LogP contribution in [0.3, 0.4) is 0 Å². The lowest BCUT2D eigenvalue weighted by Crippen LogP contribution is -2.05. The van der Waals surface area contributed by atoms with E-state index in [4.69, 9.17) is 15.0 Å². The van der Waals surface area contributed by atoms with Crippen LogP contribution in [0, 0.1) is 0 Å². The molecule has 0 N–H and O–H groups in total. The van der Waals surface area contributed by atoms with Crippen molar-refractivity contribution in [3.8, 4) is 45.5 Å². The molecule has 0 unspecified atom stereocenters. The summed E-state index contributed by atoms with van der Waals surface area (Å²) in [5.74, 6) is 1.87. The number of hydrogen-bond donors (Lipinski definition) is 0. The van der Waals surface area contributed by atoms with Gasteiger partial charge in [0.25, 0.3) is 0 Å². The average molecular weight is 902 g/mol. The first kappa shape index (κ1) is 37.7. The maximum Gasteiger partial charge on any atom is 0.166 e. The first-order chi connectivity index (χ1) is 33.7. The Morgan fingerprint density at radius 1 is 0.309 bits per heavy atom. The van der Waals surface area contributed by atoms with E-state index in [0.29, 0.717) is 17.5 Å². The predicted octanol–water partition coefficient (Wildman–Crippen LogP) is 17.0. The molecule has 68 heavy (non-hydrogen) atoms. The topological polar surface area (TPSA) is 48.5 Å². The summed E-state index contributed by atoms with van der Waals surface area (Å²) in [6.45, 7) is 0. The van der Waals surface area contributed by atoms with Crippen LogP contribution < -0.4 is 0 Å². The van der Waals surface area contributed by atoms with Gasteiger partial charge in [0.1, 0.15) is 0 Å². The van der Waals surface area contributed by atoms with Gasteiger partial charge in [-0.05, 0) is 77.5 Å². The molecule has 7 heteroatoms. The van der Waals surface area contributed by atoms with Gasteiger partial charge in [0.05, 0.1) is 32.5 Å². The molecule has 0 spiro atoms. The second kappa shape index (κ2) is 14.5. The van der Waals surface area contributed by atoms with E-state index in [9.17, 15) is 0 Å². The van der Waals surface area contributed by atoms with Gasteiger partial charge in [-0.1, -0.05) is 146 Å². The Morgan fingerprint density at radius 2 is 0.824 bits per heavy atom. The Hall–Kier alpha value is -8.49. The number of nitrogens with zero attached hydrogens (tertiary/aromatic N) is 5. The molecule has 0 amide bonds. The van der Waals surface area contributed by atoms with Crippen LogP contribution in [0.25, 0.3) is 140 Å². The Labute approximate surface area is 397 Å². The number of hydrogen-bond acceptors (Lipinski definition) is 5. The summed E-state index contributed by atoms with van der Waals surface area (Å²) in [6, 6.07) is 76.5. The van der Waals surface area contributed by atoms with Crippen LogP contribution in [0.1, 0.15) is 0 Å². The van der Waals surface area contributed by atoms with Crippen LogP contribution in [0.2, 0.25) is 0 Å². The minimum absolute atomic E-state index is 0.614. The van der Waals surface area contributed by atoms with Crippen molar-refractivity contribution in [3.63, 3.8) is 0 Å². The van der Waals surface area contributed by atoms with Crippen molar-refractivity contribution in [3.05, 3.63) is 212 Å². The molecule has 316 valence electrons. The quantitative estimate of drug-likeness (QED) is 0.173. The smallest absolute Gasteiger partial charge is 0.166 e. The maximum atomic E-state index is 5.68. The van der Waals surface area contributed by atoms with Crippen molar-refractivity contribution in [1.29, 1.82) is 0 Å². The number of benzene rings is 10. The Morgan fingerprint density at radius 3 is 1.56 bits per heavy atom. The lowest BCUT2D eigenvalue weighted by atomic mass is 10.0. The van der Waals surface area contributed by atoms with Crippen LogP contribution in [0.4, 0.5) is 0 Å². The molecule has 15 rings (SSSR count). The summed E-state index contributed by atoms with van der Waals surface area (Å²) in [5.41, 5.74) is 9.44. The van der Waals surface area contributed by atoms with Crippen LogP contribution in [0.15, 0.2) is 212 Å². The summed E-state index contributed by atoms with van der Waals surface area (Å²) < 4.78 is 9.66. The third kappa shape index (κ3) is 5.45. The van der Waals surface area contributed by atoms with Gasteiger partial charge < -0.3 is 9.13 Å². The van der Waals surface area contributed by atoms with Crippen molar-refractivity contribution in [2.24, 2.45) is 0 Å². The fourth-order valence-corrected chi connectivity index (χ4v) is 13.2. The highest BCUT2D eigenvalue weighted by atomic mass is 32.1. The fourth-order valence-electron chi connectivity index (χ4n) is 10.8. The Balaban J connectivity index is 1.10. The van der Waals surface area contributed by atoms with Gasteiger partial charge in [0.2, 0.25) is 0 Å². The minimum atomic E-state index is 0.614. The minimum Gasteiger partial charge on any atom is -0.309 e. The summed E-state index contributed by atoms with van der Waals surface area (Å²) >= 11 is 3.63. The molecule has 0 fully saturated rings. The van der Waals surface area contributed by atoms with Crippen molar-refractivity contribution in [2.45, 2.75) is 0 Å². The van der Waals surface area contributed by atoms with E-state index >= 15 is 0 Å². The second-order valence-corrected chi connectivity index (χ2v) is 19.6. The van der Waals surface area contributed by atoms with Crippen LogP contribution in [-0.2, 0) is 0 Å². The molecular formula is C61H35N5S2. The molecule has 5 nitrogen and oxygen atoms in total. The highest BCUT2D eigenvalue weighted by molar-refractivity contribution is 7.26. The van der Waals surface area contributed by atoms with E-state index in [-0.39, 0.29) is 0 Å². The molecule has 0 aliphatic carbocycles. The lowest BCUT2D eigenvalue weighted by Gasteiger charge is -2.17. The van der Waals surface area contributed by atoms with Crippen LogP contribution >= 0.6 is 22.7 Å². The lowest BCUT2D eigenvalue weighted by molar-refractivity contribution is 1.07. The van der Waals surface area contributed by atoms with Crippen molar-refractivity contribution in [1.82, 2.24) is 24.1 Å². The van der Waals surface area contributed by atoms with E-state index in [0.717, 1.165) is 60.2 Å². The van der Waals surface area contributed by atoms with Crippen LogP contribution in [0.5, 0.6) is 0 Å². The van der Waals surface area contributed by atoms with Gasteiger partial charge in [-0.15, -0.1) is 22.7 Å². The molecule has 0 radical (unpaired) electrons. The van der Waals surface area contributed by atoms with Gasteiger partial charge >= 0.3 is 0 Å². The van der Waals surface area contributed by atoms with E-state index < -0.39 is 0 Å². The summed E-state index contributed by atoms with van der Waals surface area (Å²) in [4.78, 5) is 16.9. The number of fused-ring (bicyclic) bond motifs is 13.